The van der Waals surface area contributed by atoms with Crippen LogP contribution in [-0.2, 0) is 0 Å². The lowest BCUT2D eigenvalue weighted by molar-refractivity contribution is 0.143. The van der Waals surface area contributed by atoms with Gasteiger partial charge in [0.1, 0.15) is 5.75 Å². The third-order valence-corrected chi connectivity index (χ3v) is 5.79. The van der Waals surface area contributed by atoms with Crippen LogP contribution >= 0.6 is 0 Å². The molecule has 1 aromatic rings. The number of nitrogens with one attached hydrogen (secondary N) is 1. The van der Waals surface area contributed by atoms with E-state index < -0.39 is 0 Å². The highest BCUT2D eigenvalue weighted by Gasteiger charge is 2.35. The first kappa shape index (κ1) is 18.1. The molecule has 2 aliphatic rings. The van der Waals surface area contributed by atoms with Crippen LogP contribution in [0.15, 0.2) is 24.3 Å². The van der Waals surface area contributed by atoms with Gasteiger partial charge in [0.15, 0.2) is 0 Å². The zero-order valence-corrected chi connectivity index (χ0v) is 15.3. The highest BCUT2D eigenvalue weighted by atomic mass is 16.5. The number of benzene rings is 1. The fourth-order valence-corrected chi connectivity index (χ4v) is 4.05. The van der Waals surface area contributed by atoms with Crippen LogP contribution in [0.1, 0.15) is 50.1 Å². The van der Waals surface area contributed by atoms with Gasteiger partial charge in [0.05, 0.1) is 19.8 Å². The van der Waals surface area contributed by atoms with Gasteiger partial charge in [-0.05, 0) is 55.2 Å². The third kappa shape index (κ3) is 4.46. The molecule has 2 amide bonds. The van der Waals surface area contributed by atoms with Gasteiger partial charge in [0, 0.05) is 13.1 Å². The molecule has 0 aromatic heterocycles. The number of aliphatic hydroxyl groups is 1. The average molecular weight is 346 g/mol. The number of hydrogen-bond donors (Lipinski definition) is 2. The van der Waals surface area contributed by atoms with Gasteiger partial charge in [-0.3, -0.25) is 0 Å². The summed E-state index contributed by atoms with van der Waals surface area (Å²) in [6.45, 7) is -0.106. The van der Waals surface area contributed by atoms with Gasteiger partial charge in [-0.2, -0.15) is 0 Å². The van der Waals surface area contributed by atoms with Gasteiger partial charge in [0.25, 0.3) is 0 Å². The van der Waals surface area contributed by atoms with E-state index in [0.29, 0.717) is 0 Å². The molecule has 0 bridgehead atoms. The highest BCUT2D eigenvalue weighted by molar-refractivity contribution is 5.74. The number of carbonyl (C=O) groups excluding carboxylic acids is 1. The summed E-state index contributed by atoms with van der Waals surface area (Å²) in [5.74, 6) is 2.46. The Morgan fingerprint density at radius 3 is 2.56 bits per heavy atom. The summed E-state index contributed by atoms with van der Waals surface area (Å²) in [4.78, 5) is 14.3. The zero-order valence-electron chi connectivity index (χ0n) is 15.3. The van der Waals surface area contributed by atoms with Crippen molar-refractivity contribution < 1.29 is 14.6 Å². The molecule has 3 rings (SSSR count). The van der Waals surface area contributed by atoms with Gasteiger partial charge in [-0.1, -0.05) is 25.0 Å². The van der Waals surface area contributed by atoms with Gasteiger partial charge in [-0.15, -0.1) is 0 Å². The molecule has 2 N–H and O–H groups in total. The van der Waals surface area contributed by atoms with E-state index in [1.54, 1.807) is 19.1 Å². The van der Waals surface area contributed by atoms with Crippen molar-refractivity contribution in [2.45, 2.75) is 50.6 Å². The number of methoxy groups -OCH3 is 1. The van der Waals surface area contributed by atoms with Crippen molar-refractivity contribution in [3.8, 4) is 5.75 Å². The minimum Gasteiger partial charge on any atom is -0.497 e. The Morgan fingerprint density at radius 1 is 1.24 bits per heavy atom. The Morgan fingerprint density at radius 2 is 1.96 bits per heavy atom. The number of amides is 2. The third-order valence-electron chi connectivity index (χ3n) is 5.79. The highest BCUT2D eigenvalue weighted by Crippen LogP contribution is 2.43. The maximum Gasteiger partial charge on any atom is 0.317 e. The Kier molecular flexibility index (Phi) is 5.84. The number of likely N-dealkylation sites (N-methyl/N-ethyl adjacent to an activating group) is 1. The molecule has 0 radical (unpaired) electrons. The molecular weight excluding hydrogens is 316 g/mol. The maximum absolute atomic E-state index is 12.7. The number of aliphatic hydroxyl groups excluding tert-OH is 1. The molecule has 5 heteroatoms. The van der Waals surface area contributed by atoms with Crippen molar-refractivity contribution in [3.63, 3.8) is 0 Å². The summed E-state index contributed by atoms with van der Waals surface area (Å²) in [5, 5.41) is 13.0. The van der Waals surface area contributed by atoms with Crippen LogP contribution in [0.3, 0.4) is 0 Å². The summed E-state index contributed by atoms with van der Waals surface area (Å²) < 4.78 is 5.17. The first-order chi connectivity index (χ1) is 12.1. The molecule has 2 saturated carbocycles. The van der Waals surface area contributed by atoms with Crippen LogP contribution in [0.25, 0.3) is 0 Å². The second-order valence-electron chi connectivity index (χ2n) is 7.49. The van der Waals surface area contributed by atoms with E-state index in [1.165, 1.54) is 25.7 Å². The Bertz CT molecular complexity index is 571. The predicted molar refractivity (Wildman–Crippen MR) is 97.6 cm³/mol. The molecule has 138 valence electrons. The normalized spacial score (nSPS) is 24.4. The van der Waals surface area contributed by atoms with E-state index in [4.69, 9.17) is 4.74 Å². The van der Waals surface area contributed by atoms with E-state index >= 15 is 0 Å². The Hall–Kier alpha value is -1.75. The van der Waals surface area contributed by atoms with Gasteiger partial charge < -0.3 is 20.1 Å². The maximum atomic E-state index is 12.7. The molecular formula is C20H30N2O3. The van der Waals surface area contributed by atoms with Gasteiger partial charge in [0.2, 0.25) is 0 Å². The average Bonchev–Trinajstić information content (AvgIpc) is 3.48. The van der Waals surface area contributed by atoms with Crippen molar-refractivity contribution >= 4 is 6.03 Å². The largest absolute Gasteiger partial charge is 0.497 e. The number of ether oxygens (including phenoxy) is 1. The van der Waals surface area contributed by atoms with Crippen LogP contribution in [-0.4, -0.2) is 42.8 Å². The van der Waals surface area contributed by atoms with Crippen LogP contribution < -0.4 is 10.1 Å². The molecule has 0 saturated heterocycles. The SMILES string of the molecule is COc1ccc(C(CO)N(C)C(=O)NC2CCCC(C3CC3)C2)cc1. The molecule has 2 aliphatic carbocycles. The van der Waals surface area contributed by atoms with E-state index in [1.807, 2.05) is 24.3 Å². The summed E-state index contributed by atoms with van der Waals surface area (Å²) in [6, 6.07) is 7.31. The predicted octanol–water partition coefficient (Wildman–Crippen LogP) is 3.34. The summed E-state index contributed by atoms with van der Waals surface area (Å²) in [7, 11) is 3.37. The summed E-state index contributed by atoms with van der Waals surface area (Å²) in [6.07, 6.45) is 7.44. The monoisotopic (exact) mass is 346 g/mol. The second kappa shape index (κ2) is 8.09. The number of rotatable bonds is 6. The molecule has 25 heavy (non-hydrogen) atoms. The standard InChI is InChI=1S/C20H30N2O3/c1-22(19(13-23)15-8-10-18(25-2)11-9-15)20(24)21-17-5-3-4-16(12-17)14-6-7-14/h8-11,14,16-17,19,23H,3-7,12-13H2,1-2H3,(H,21,24). The number of hydrogen-bond acceptors (Lipinski definition) is 3. The lowest BCUT2D eigenvalue weighted by Gasteiger charge is -2.33. The molecule has 1 aromatic carbocycles. The van der Waals surface area contributed by atoms with Gasteiger partial charge in [-0.25, -0.2) is 4.79 Å². The van der Waals surface area contributed by atoms with E-state index in [9.17, 15) is 9.90 Å². The number of nitrogens with zero attached hydrogens (tertiary/aromatic N) is 1. The van der Waals surface area contributed by atoms with Crippen LogP contribution in [0.5, 0.6) is 5.75 Å². The first-order valence-electron chi connectivity index (χ1n) is 9.40. The first-order valence-corrected chi connectivity index (χ1v) is 9.40. The number of urea groups is 1. The summed E-state index contributed by atoms with van der Waals surface area (Å²) in [5.41, 5.74) is 0.903. The Balaban J connectivity index is 1.59. The van der Waals surface area contributed by atoms with Crippen molar-refractivity contribution in [2.75, 3.05) is 20.8 Å². The van der Waals surface area contributed by atoms with Crippen LogP contribution in [0.2, 0.25) is 0 Å². The smallest absolute Gasteiger partial charge is 0.317 e. The molecule has 0 aliphatic heterocycles. The minimum absolute atomic E-state index is 0.101. The van der Waals surface area contributed by atoms with Crippen LogP contribution in [0, 0.1) is 11.8 Å². The molecule has 3 atom stereocenters. The Labute approximate surface area is 150 Å². The lowest BCUT2D eigenvalue weighted by Crippen LogP contribution is -2.46. The van der Waals surface area contributed by atoms with Crippen molar-refractivity contribution in [2.24, 2.45) is 11.8 Å². The van der Waals surface area contributed by atoms with Gasteiger partial charge >= 0.3 is 6.03 Å². The molecule has 0 heterocycles. The fraction of sp³-hybridized carbons (Fsp3) is 0.650. The van der Waals surface area contributed by atoms with E-state index in [0.717, 1.165) is 36.0 Å². The van der Waals surface area contributed by atoms with E-state index in [2.05, 4.69) is 5.32 Å². The van der Waals surface area contributed by atoms with Crippen molar-refractivity contribution in [1.82, 2.24) is 10.2 Å². The van der Waals surface area contributed by atoms with Crippen molar-refractivity contribution in [1.29, 1.82) is 0 Å². The lowest BCUT2D eigenvalue weighted by atomic mass is 9.83. The topological polar surface area (TPSA) is 61.8 Å². The van der Waals surface area contributed by atoms with E-state index in [-0.39, 0.29) is 24.7 Å². The fourth-order valence-electron chi connectivity index (χ4n) is 4.05. The quantitative estimate of drug-likeness (QED) is 0.830. The number of carbonyl (C=O) groups is 1. The molecule has 5 nitrogen and oxygen atoms in total. The summed E-state index contributed by atoms with van der Waals surface area (Å²) >= 11 is 0. The zero-order chi connectivity index (χ0) is 17.8. The molecule has 3 unspecified atom stereocenters. The molecule has 0 spiro atoms. The van der Waals surface area contributed by atoms with Crippen molar-refractivity contribution in [3.05, 3.63) is 29.8 Å². The molecule has 2 fully saturated rings. The minimum atomic E-state index is -0.353. The second-order valence-corrected chi connectivity index (χ2v) is 7.49. The van der Waals surface area contributed by atoms with Crippen LogP contribution in [0.4, 0.5) is 4.79 Å².